The number of ether oxygens (including phenoxy) is 1. The van der Waals surface area contributed by atoms with Gasteiger partial charge in [0, 0.05) is 18.8 Å². The quantitative estimate of drug-likeness (QED) is 0.708. The van der Waals surface area contributed by atoms with Crippen molar-refractivity contribution in [3.05, 3.63) is 12.3 Å². The first-order chi connectivity index (χ1) is 7.86. The van der Waals surface area contributed by atoms with Gasteiger partial charge >= 0.3 is 0 Å². The molecule has 0 fully saturated rings. The van der Waals surface area contributed by atoms with E-state index in [0.717, 1.165) is 25.1 Å². The standard InChI is InChI=1S/C11H19N3OS/c1-3-8-15-10-5-7-13-11(14-10)12-6-4-9-16-2/h5,7H,3-4,6,8-9H2,1-2H3,(H,12,13,14). The van der Waals surface area contributed by atoms with Crippen LogP contribution in [0.15, 0.2) is 12.3 Å². The smallest absolute Gasteiger partial charge is 0.225 e. The zero-order valence-electron chi connectivity index (χ0n) is 9.90. The van der Waals surface area contributed by atoms with Crippen LogP contribution in [0.25, 0.3) is 0 Å². The van der Waals surface area contributed by atoms with Gasteiger partial charge in [0.1, 0.15) is 0 Å². The summed E-state index contributed by atoms with van der Waals surface area (Å²) in [6.45, 7) is 3.67. The van der Waals surface area contributed by atoms with Gasteiger partial charge in [-0.1, -0.05) is 6.92 Å². The lowest BCUT2D eigenvalue weighted by atomic mass is 10.5. The van der Waals surface area contributed by atoms with Crippen molar-refractivity contribution < 1.29 is 4.74 Å². The molecule has 0 aromatic carbocycles. The third-order valence-electron chi connectivity index (χ3n) is 1.89. The maximum absolute atomic E-state index is 5.43. The number of nitrogens with one attached hydrogen (secondary N) is 1. The molecule has 0 radical (unpaired) electrons. The summed E-state index contributed by atoms with van der Waals surface area (Å²) in [4.78, 5) is 8.39. The van der Waals surface area contributed by atoms with Crippen LogP contribution >= 0.6 is 11.8 Å². The molecule has 0 aliphatic rings. The van der Waals surface area contributed by atoms with Gasteiger partial charge in [-0.3, -0.25) is 0 Å². The molecule has 0 aliphatic carbocycles. The van der Waals surface area contributed by atoms with E-state index in [0.29, 0.717) is 18.4 Å². The van der Waals surface area contributed by atoms with Crippen LogP contribution in [0.2, 0.25) is 0 Å². The van der Waals surface area contributed by atoms with E-state index in [2.05, 4.69) is 28.5 Å². The molecule has 1 N–H and O–H groups in total. The molecular weight excluding hydrogens is 222 g/mol. The van der Waals surface area contributed by atoms with Crippen molar-refractivity contribution in [2.24, 2.45) is 0 Å². The lowest BCUT2D eigenvalue weighted by Gasteiger charge is -2.06. The van der Waals surface area contributed by atoms with Crippen LogP contribution in [0, 0.1) is 0 Å². The Morgan fingerprint density at radius 2 is 2.38 bits per heavy atom. The molecule has 1 aromatic heterocycles. The second-order valence-corrected chi connectivity index (χ2v) is 4.33. The average Bonchev–Trinajstić information content (AvgIpc) is 2.33. The van der Waals surface area contributed by atoms with Crippen molar-refractivity contribution in [1.82, 2.24) is 9.97 Å². The number of anilines is 1. The van der Waals surface area contributed by atoms with Gasteiger partial charge in [-0.25, -0.2) is 4.98 Å². The second-order valence-electron chi connectivity index (χ2n) is 3.34. The van der Waals surface area contributed by atoms with E-state index < -0.39 is 0 Å². The van der Waals surface area contributed by atoms with Crippen LogP contribution in [-0.2, 0) is 0 Å². The summed E-state index contributed by atoms with van der Waals surface area (Å²) in [6, 6.07) is 1.78. The van der Waals surface area contributed by atoms with Crippen molar-refractivity contribution >= 4 is 17.7 Å². The minimum absolute atomic E-state index is 0.643. The van der Waals surface area contributed by atoms with E-state index >= 15 is 0 Å². The largest absolute Gasteiger partial charge is 0.478 e. The summed E-state index contributed by atoms with van der Waals surface area (Å²) in [5.41, 5.74) is 0. The Balaban J connectivity index is 2.35. The molecule has 0 atom stereocenters. The normalized spacial score (nSPS) is 10.1. The molecule has 1 rings (SSSR count). The SMILES string of the molecule is CCCOc1ccnc(NCCCSC)n1. The van der Waals surface area contributed by atoms with Crippen molar-refractivity contribution in [1.29, 1.82) is 0 Å². The Morgan fingerprint density at radius 3 is 3.12 bits per heavy atom. The summed E-state index contributed by atoms with van der Waals surface area (Å²) in [5.74, 6) is 2.44. The number of hydrogen-bond donors (Lipinski definition) is 1. The Kier molecular flexibility index (Phi) is 6.72. The highest BCUT2D eigenvalue weighted by Gasteiger charge is 1.98. The van der Waals surface area contributed by atoms with Crippen molar-refractivity contribution in [3.8, 4) is 5.88 Å². The summed E-state index contributed by atoms with van der Waals surface area (Å²) in [7, 11) is 0. The Hall–Kier alpha value is -0.970. The van der Waals surface area contributed by atoms with Crippen molar-refractivity contribution in [3.63, 3.8) is 0 Å². The number of thioether (sulfide) groups is 1. The van der Waals surface area contributed by atoms with E-state index in [-0.39, 0.29) is 0 Å². The van der Waals surface area contributed by atoms with E-state index in [9.17, 15) is 0 Å². The fourth-order valence-corrected chi connectivity index (χ4v) is 1.56. The topological polar surface area (TPSA) is 47.0 Å². The van der Waals surface area contributed by atoms with Gasteiger partial charge in [-0.05, 0) is 24.9 Å². The highest BCUT2D eigenvalue weighted by Crippen LogP contribution is 2.08. The van der Waals surface area contributed by atoms with E-state index in [1.54, 1.807) is 12.3 Å². The molecule has 0 spiro atoms. The average molecular weight is 241 g/mol. The first-order valence-electron chi connectivity index (χ1n) is 5.55. The van der Waals surface area contributed by atoms with Crippen LogP contribution < -0.4 is 10.1 Å². The third kappa shape index (κ3) is 5.21. The van der Waals surface area contributed by atoms with Gasteiger partial charge in [0.05, 0.1) is 6.61 Å². The zero-order chi connectivity index (χ0) is 11.6. The summed E-state index contributed by atoms with van der Waals surface area (Å²) in [5, 5.41) is 3.18. The first kappa shape index (κ1) is 13.1. The number of aromatic nitrogens is 2. The molecule has 16 heavy (non-hydrogen) atoms. The van der Waals surface area contributed by atoms with E-state index in [1.807, 2.05) is 11.8 Å². The maximum Gasteiger partial charge on any atom is 0.225 e. The van der Waals surface area contributed by atoms with Gasteiger partial charge in [0.15, 0.2) is 0 Å². The maximum atomic E-state index is 5.43. The lowest BCUT2D eigenvalue weighted by Crippen LogP contribution is -2.07. The van der Waals surface area contributed by atoms with Gasteiger partial charge in [-0.2, -0.15) is 16.7 Å². The van der Waals surface area contributed by atoms with Crippen LogP contribution in [0.1, 0.15) is 19.8 Å². The Labute approximate surface area is 101 Å². The number of nitrogens with zero attached hydrogens (tertiary/aromatic N) is 2. The monoisotopic (exact) mass is 241 g/mol. The highest BCUT2D eigenvalue weighted by molar-refractivity contribution is 7.98. The van der Waals surface area contributed by atoms with Gasteiger partial charge < -0.3 is 10.1 Å². The Bertz CT molecular complexity index is 296. The summed E-state index contributed by atoms with van der Waals surface area (Å²) < 4.78 is 5.43. The molecule has 4 nitrogen and oxygen atoms in total. The highest BCUT2D eigenvalue weighted by atomic mass is 32.2. The molecule has 0 saturated heterocycles. The van der Waals surface area contributed by atoms with Crippen molar-refractivity contribution in [2.45, 2.75) is 19.8 Å². The predicted molar refractivity (Wildman–Crippen MR) is 69.3 cm³/mol. The molecule has 90 valence electrons. The molecule has 0 bridgehead atoms. The van der Waals surface area contributed by atoms with Crippen LogP contribution in [0.4, 0.5) is 5.95 Å². The Morgan fingerprint density at radius 1 is 1.50 bits per heavy atom. The zero-order valence-corrected chi connectivity index (χ0v) is 10.7. The fourth-order valence-electron chi connectivity index (χ4n) is 1.13. The van der Waals surface area contributed by atoms with Crippen molar-refractivity contribution in [2.75, 3.05) is 30.5 Å². The minimum Gasteiger partial charge on any atom is -0.478 e. The second kappa shape index (κ2) is 8.21. The van der Waals surface area contributed by atoms with Crippen LogP contribution in [-0.4, -0.2) is 35.1 Å². The fraction of sp³-hybridized carbons (Fsp3) is 0.636. The van der Waals surface area contributed by atoms with Crippen LogP contribution in [0.3, 0.4) is 0 Å². The molecule has 0 unspecified atom stereocenters. The summed E-state index contributed by atoms with van der Waals surface area (Å²) >= 11 is 1.85. The predicted octanol–water partition coefficient (Wildman–Crippen LogP) is 2.43. The minimum atomic E-state index is 0.643. The lowest BCUT2D eigenvalue weighted by molar-refractivity contribution is 0.305. The van der Waals surface area contributed by atoms with Crippen LogP contribution in [0.5, 0.6) is 5.88 Å². The third-order valence-corrected chi connectivity index (χ3v) is 2.59. The summed E-state index contributed by atoms with van der Waals surface area (Å²) in [6.07, 6.45) is 5.93. The van der Waals surface area contributed by atoms with Gasteiger partial charge in [0.2, 0.25) is 11.8 Å². The number of hydrogen-bond acceptors (Lipinski definition) is 5. The number of rotatable bonds is 8. The van der Waals surface area contributed by atoms with E-state index in [4.69, 9.17) is 4.74 Å². The van der Waals surface area contributed by atoms with E-state index in [1.165, 1.54) is 0 Å². The molecule has 5 heteroatoms. The molecule has 0 saturated carbocycles. The molecule has 1 heterocycles. The molecule has 0 aliphatic heterocycles. The molecule has 1 aromatic rings. The first-order valence-corrected chi connectivity index (χ1v) is 6.95. The van der Waals surface area contributed by atoms with Gasteiger partial charge in [-0.15, -0.1) is 0 Å². The molecule has 0 amide bonds. The molecular formula is C11H19N3OS. The van der Waals surface area contributed by atoms with Gasteiger partial charge in [0.25, 0.3) is 0 Å².